The van der Waals surface area contributed by atoms with E-state index in [9.17, 15) is 9.18 Å². The molecular formula is C17H18FNO2. The number of carbonyl (C=O) groups excluding carboxylic acids is 1. The highest BCUT2D eigenvalue weighted by molar-refractivity contribution is 5.94. The van der Waals surface area contributed by atoms with Gasteiger partial charge in [0.15, 0.2) is 0 Å². The van der Waals surface area contributed by atoms with Crippen molar-refractivity contribution in [2.75, 3.05) is 13.7 Å². The topological polar surface area (TPSA) is 29.5 Å². The van der Waals surface area contributed by atoms with Crippen LogP contribution in [0.1, 0.15) is 22.8 Å². The Balaban J connectivity index is 2.18. The average Bonchev–Trinajstić information content (AvgIpc) is 2.52. The maximum absolute atomic E-state index is 13.2. The Morgan fingerprint density at radius 2 is 1.95 bits per heavy atom. The van der Waals surface area contributed by atoms with E-state index in [1.54, 1.807) is 42.3 Å². The predicted octanol–water partition coefficient (Wildman–Crippen LogP) is 3.50. The molecule has 4 heteroatoms. The van der Waals surface area contributed by atoms with E-state index in [1.807, 2.05) is 13.0 Å². The zero-order valence-corrected chi connectivity index (χ0v) is 12.2. The molecule has 0 N–H and O–H groups in total. The van der Waals surface area contributed by atoms with Crippen LogP contribution >= 0.6 is 0 Å². The summed E-state index contributed by atoms with van der Waals surface area (Å²) >= 11 is 0. The number of hydrogen-bond donors (Lipinski definition) is 0. The second-order valence-electron chi connectivity index (χ2n) is 4.68. The fourth-order valence-corrected chi connectivity index (χ4v) is 2.12. The molecule has 0 aliphatic rings. The molecule has 0 saturated carbocycles. The van der Waals surface area contributed by atoms with Crippen molar-refractivity contribution in [2.45, 2.75) is 13.5 Å². The number of ether oxygens (including phenoxy) is 1. The number of amides is 1. The first kappa shape index (κ1) is 15.0. The average molecular weight is 287 g/mol. The second kappa shape index (κ2) is 6.88. The third kappa shape index (κ3) is 3.81. The summed E-state index contributed by atoms with van der Waals surface area (Å²) in [5, 5.41) is 0. The quantitative estimate of drug-likeness (QED) is 0.842. The van der Waals surface area contributed by atoms with E-state index in [2.05, 4.69) is 0 Å². The number of methoxy groups -OCH3 is 1. The molecule has 3 nitrogen and oxygen atoms in total. The van der Waals surface area contributed by atoms with Gasteiger partial charge in [-0.2, -0.15) is 0 Å². The van der Waals surface area contributed by atoms with E-state index in [1.165, 1.54) is 12.1 Å². The molecule has 0 fully saturated rings. The summed E-state index contributed by atoms with van der Waals surface area (Å²) in [4.78, 5) is 14.2. The van der Waals surface area contributed by atoms with E-state index in [0.29, 0.717) is 24.4 Å². The van der Waals surface area contributed by atoms with E-state index in [0.717, 1.165) is 5.56 Å². The number of benzene rings is 2. The molecule has 0 heterocycles. The van der Waals surface area contributed by atoms with Crippen molar-refractivity contribution in [2.24, 2.45) is 0 Å². The largest absolute Gasteiger partial charge is 0.497 e. The van der Waals surface area contributed by atoms with Gasteiger partial charge < -0.3 is 9.64 Å². The third-order valence-electron chi connectivity index (χ3n) is 3.25. The van der Waals surface area contributed by atoms with Crippen LogP contribution in [0.2, 0.25) is 0 Å². The normalized spacial score (nSPS) is 10.2. The van der Waals surface area contributed by atoms with Gasteiger partial charge in [-0.15, -0.1) is 0 Å². The van der Waals surface area contributed by atoms with Crippen molar-refractivity contribution >= 4 is 5.91 Å². The minimum Gasteiger partial charge on any atom is -0.497 e. The van der Waals surface area contributed by atoms with Gasteiger partial charge in [0.1, 0.15) is 11.6 Å². The van der Waals surface area contributed by atoms with Gasteiger partial charge in [0.2, 0.25) is 0 Å². The van der Waals surface area contributed by atoms with Crippen molar-refractivity contribution in [1.82, 2.24) is 4.90 Å². The van der Waals surface area contributed by atoms with Crippen molar-refractivity contribution in [3.63, 3.8) is 0 Å². The third-order valence-corrected chi connectivity index (χ3v) is 3.25. The van der Waals surface area contributed by atoms with Crippen LogP contribution in [0.4, 0.5) is 4.39 Å². The van der Waals surface area contributed by atoms with E-state index in [-0.39, 0.29) is 11.7 Å². The highest BCUT2D eigenvalue weighted by Crippen LogP contribution is 2.16. The molecule has 2 rings (SSSR count). The SMILES string of the molecule is CCN(Cc1cccc(F)c1)C(=O)c1cccc(OC)c1. The Morgan fingerprint density at radius 3 is 2.62 bits per heavy atom. The monoisotopic (exact) mass is 287 g/mol. The lowest BCUT2D eigenvalue weighted by molar-refractivity contribution is 0.0752. The molecule has 0 saturated heterocycles. The first-order chi connectivity index (χ1) is 10.1. The molecule has 0 spiro atoms. The lowest BCUT2D eigenvalue weighted by Gasteiger charge is -2.21. The molecule has 110 valence electrons. The van der Waals surface area contributed by atoms with Crippen LogP contribution in [0.15, 0.2) is 48.5 Å². The van der Waals surface area contributed by atoms with E-state index < -0.39 is 0 Å². The molecule has 2 aromatic rings. The standard InChI is InChI=1S/C17H18FNO2/c1-3-19(12-13-6-4-8-15(18)10-13)17(20)14-7-5-9-16(11-14)21-2/h4-11H,3,12H2,1-2H3. The minimum atomic E-state index is -0.294. The Labute approximate surface area is 124 Å². The van der Waals surface area contributed by atoms with Crippen LogP contribution < -0.4 is 4.74 Å². The molecule has 0 bridgehead atoms. The molecule has 0 aliphatic heterocycles. The summed E-state index contributed by atoms with van der Waals surface area (Å²) in [5.41, 5.74) is 1.33. The Morgan fingerprint density at radius 1 is 1.19 bits per heavy atom. The Kier molecular flexibility index (Phi) is 4.93. The van der Waals surface area contributed by atoms with Crippen LogP contribution in [-0.2, 0) is 6.54 Å². The molecule has 21 heavy (non-hydrogen) atoms. The first-order valence-electron chi connectivity index (χ1n) is 6.81. The molecule has 0 aliphatic carbocycles. The van der Waals surface area contributed by atoms with Gasteiger partial charge in [-0.1, -0.05) is 18.2 Å². The molecular weight excluding hydrogens is 269 g/mol. The summed E-state index contributed by atoms with van der Waals surface area (Å²) < 4.78 is 18.4. The van der Waals surface area contributed by atoms with Crippen molar-refractivity contribution in [1.29, 1.82) is 0 Å². The van der Waals surface area contributed by atoms with Crippen LogP contribution in [0, 0.1) is 5.82 Å². The van der Waals surface area contributed by atoms with Gasteiger partial charge in [0.25, 0.3) is 5.91 Å². The highest BCUT2D eigenvalue weighted by Gasteiger charge is 2.15. The van der Waals surface area contributed by atoms with Crippen molar-refractivity contribution in [3.8, 4) is 5.75 Å². The summed E-state index contributed by atoms with van der Waals surface area (Å²) in [6, 6.07) is 13.3. The van der Waals surface area contributed by atoms with Gasteiger partial charge in [0, 0.05) is 18.7 Å². The minimum absolute atomic E-state index is 0.0966. The fraction of sp³-hybridized carbons (Fsp3) is 0.235. The van der Waals surface area contributed by atoms with Crippen LogP contribution in [0.3, 0.4) is 0 Å². The number of hydrogen-bond acceptors (Lipinski definition) is 2. The fourth-order valence-electron chi connectivity index (χ4n) is 2.12. The summed E-state index contributed by atoms with van der Waals surface area (Å²) in [5.74, 6) is 0.251. The van der Waals surface area contributed by atoms with Gasteiger partial charge in [-0.3, -0.25) is 4.79 Å². The Hall–Kier alpha value is -2.36. The van der Waals surface area contributed by atoms with Gasteiger partial charge in [0.05, 0.1) is 7.11 Å². The predicted molar refractivity (Wildman–Crippen MR) is 79.8 cm³/mol. The van der Waals surface area contributed by atoms with Crippen LogP contribution in [0.5, 0.6) is 5.75 Å². The maximum atomic E-state index is 13.2. The number of carbonyl (C=O) groups is 1. The maximum Gasteiger partial charge on any atom is 0.254 e. The molecule has 0 atom stereocenters. The second-order valence-corrected chi connectivity index (χ2v) is 4.68. The Bertz CT molecular complexity index is 628. The van der Waals surface area contributed by atoms with Gasteiger partial charge in [-0.25, -0.2) is 4.39 Å². The highest BCUT2D eigenvalue weighted by atomic mass is 19.1. The summed E-state index contributed by atoms with van der Waals surface area (Å²) in [6.07, 6.45) is 0. The van der Waals surface area contributed by atoms with E-state index >= 15 is 0 Å². The molecule has 2 aromatic carbocycles. The lowest BCUT2D eigenvalue weighted by atomic mass is 10.1. The lowest BCUT2D eigenvalue weighted by Crippen LogP contribution is -2.30. The number of rotatable bonds is 5. The zero-order valence-electron chi connectivity index (χ0n) is 12.2. The van der Waals surface area contributed by atoms with Crippen molar-refractivity contribution in [3.05, 3.63) is 65.5 Å². The van der Waals surface area contributed by atoms with Crippen molar-refractivity contribution < 1.29 is 13.9 Å². The summed E-state index contributed by atoms with van der Waals surface area (Å²) in [6.45, 7) is 2.83. The molecule has 0 unspecified atom stereocenters. The first-order valence-corrected chi connectivity index (χ1v) is 6.81. The number of nitrogens with zero attached hydrogens (tertiary/aromatic N) is 1. The van der Waals surface area contributed by atoms with E-state index in [4.69, 9.17) is 4.74 Å². The summed E-state index contributed by atoms with van der Waals surface area (Å²) in [7, 11) is 1.56. The van der Waals surface area contributed by atoms with Crippen LogP contribution in [0.25, 0.3) is 0 Å². The van der Waals surface area contributed by atoms with Gasteiger partial charge >= 0.3 is 0 Å². The smallest absolute Gasteiger partial charge is 0.254 e. The van der Waals surface area contributed by atoms with Crippen LogP contribution in [-0.4, -0.2) is 24.5 Å². The number of halogens is 1. The molecule has 0 radical (unpaired) electrons. The van der Waals surface area contributed by atoms with Gasteiger partial charge in [-0.05, 0) is 42.8 Å². The zero-order chi connectivity index (χ0) is 15.2. The molecule has 0 aromatic heterocycles. The molecule has 1 amide bonds.